The van der Waals surface area contributed by atoms with Crippen molar-refractivity contribution in [1.29, 1.82) is 0 Å². The molecule has 3 rings (SSSR count). The second kappa shape index (κ2) is 3.95. The maximum atomic E-state index is 11.5. The summed E-state index contributed by atoms with van der Waals surface area (Å²) >= 11 is 0. The van der Waals surface area contributed by atoms with Crippen molar-refractivity contribution in [1.82, 2.24) is 25.0 Å². The number of aromatic amines is 1. The summed E-state index contributed by atoms with van der Waals surface area (Å²) in [6, 6.07) is 7.31. The number of fused-ring (bicyclic) bond motifs is 1. The lowest BCUT2D eigenvalue weighted by Crippen LogP contribution is -2.07. The lowest BCUT2D eigenvalue weighted by Gasteiger charge is -2.07. The fraction of sp³-hybridized carbons (Fsp3) is 0.0909. The van der Waals surface area contributed by atoms with E-state index in [1.54, 1.807) is 13.2 Å². The molecule has 1 N–H and O–H groups in total. The van der Waals surface area contributed by atoms with Gasteiger partial charge in [0.1, 0.15) is 11.4 Å². The van der Waals surface area contributed by atoms with Crippen molar-refractivity contribution in [3.63, 3.8) is 0 Å². The Labute approximate surface area is 101 Å². The number of rotatable bonds is 2. The number of ether oxygens (including phenoxy) is 1. The molecule has 0 bridgehead atoms. The molecule has 7 nitrogen and oxygen atoms in total. The molecule has 90 valence electrons. The van der Waals surface area contributed by atoms with Crippen LogP contribution < -0.4 is 10.3 Å². The fourth-order valence-corrected chi connectivity index (χ4v) is 1.73. The van der Waals surface area contributed by atoms with E-state index < -0.39 is 0 Å². The van der Waals surface area contributed by atoms with Gasteiger partial charge in [0, 0.05) is 0 Å². The van der Waals surface area contributed by atoms with Gasteiger partial charge < -0.3 is 9.72 Å². The predicted octanol–water partition coefficient (Wildman–Crippen LogP) is 0.512. The molecule has 0 saturated heterocycles. The molecule has 2 aromatic heterocycles. The number of benzene rings is 1. The first-order chi connectivity index (χ1) is 8.81. The predicted molar refractivity (Wildman–Crippen MR) is 63.8 cm³/mol. The van der Waals surface area contributed by atoms with E-state index in [-0.39, 0.29) is 11.1 Å². The molecular weight excluding hydrogens is 234 g/mol. The van der Waals surface area contributed by atoms with Crippen molar-refractivity contribution in [3.05, 3.63) is 40.9 Å². The Balaban J connectivity index is 2.33. The summed E-state index contributed by atoms with van der Waals surface area (Å²) in [5.41, 5.74) is 0.952. The summed E-state index contributed by atoms with van der Waals surface area (Å²) in [5.74, 6) is 0.631. The second-order valence-electron chi connectivity index (χ2n) is 3.58. The Bertz CT molecular complexity index is 761. The van der Waals surface area contributed by atoms with Crippen LogP contribution in [-0.4, -0.2) is 32.1 Å². The van der Waals surface area contributed by atoms with Crippen molar-refractivity contribution in [2.75, 3.05) is 7.11 Å². The van der Waals surface area contributed by atoms with Gasteiger partial charge in [-0.1, -0.05) is 17.3 Å². The largest absolute Gasteiger partial charge is 0.494 e. The van der Waals surface area contributed by atoms with Gasteiger partial charge in [0.2, 0.25) is 0 Å². The molecule has 0 unspecified atom stereocenters. The van der Waals surface area contributed by atoms with Gasteiger partial charge in [0.25, 0.3) is 5.56 Å². The van der Waals surface area contributed by atoms with Crippen LogP contribution in [0.1, 0.15) is 0 Å². The Hall–Kier alpha value is -2.70. The summed E-state index contributed by atoms with van der Waals surface area (Å²) in [5, 5.41) is 7.76. The average Bonchev–Trinajstić information content (AvgIpc) is 2.84. The van der Waals surface area contributed by atoms with Crippen molar-refractivity contribution in [2.24, 2.45) is 0 Å². The summed E-state index contributed by atoms with van der Waals surface area (Å²) in [6.45, 7) is 0. The van der Waals surface area contributed by atoms with Gasteiger partial charge >= 0.3 is 0 Å². The number of methoxy groups -OCH3 is 1. The minimum atomic E-state index is -0.318. The minimum absolute atomic E-state index is 0.198. The van der Waals surface area contributed by atoms with E-state index in [0.29, 0.717) is 17.1 Å². The minimum Gasteiger partial charge on any atom is -0.494 e. The van der Waals surface area contributed by atoms with Gasteiger partial charge in [-0.15, -0.1) is 5.10 Å². The number of hydrogen-bond donors (Lipinski definition) is 1. The second-order valence-corrected chi connectivity index (χ2v) is 3.58. The average molecular weight is 243 g/mol. The van der Waals surface area contributed by atoms with Crippen molar-refractivity contribution in [2.45, 2.75) is 0 Å². The molecule has 0 saturated carbocycles. The van der Waals surface area contributed by atoms with Gasteiger partial charge in [-0.25, -0.2) is 4.98 Å². The van der Waals surface area contributed by atoms with Crippen LogP contribution in [-0.2, 0) is 0 Å². The smallest absolute Gasteiger partial charge is 0.280 e. The first-order valence-corrected chi connectivity index (χ1v) is 5.24. The Morgan fingerprint density at radius 3 is 3.00 bits per heavy atom. The van der Waals surface area contributed by atoms with Crippen LogP contribution in [0, 0.1) is 0 Å². The van der Waals surface area contributed by atoms with Crippen LogP contribution in [0.15, 0.2) is 35.4 Å². The lowest BCUT2D eigenvalue weighted by atomic mass is 10.3. The molecule has 0 atom stereocenters. The van der Waals surface area contributed by atoms with Crippen LogP contribution >= 0.6 is 0 Å². The highest BCUT2D eigenvalue weighted by atomic mass is 16.5. The number of para-hydroxylation sites is 2. The van der Waals surface area contributed by atoms with Crippen molar-refractivity contribution < 1.29 is 4.74 Å². The summed E-state index contributed by atoms with van der Waals surface area (Å²) in [4.78, 5) is 18.1. The van der Waals surface area contributed by atoms with Gasteiger partial charge in [-0.05, 0) is 12.1 Å². The zero-order valence-corrected chi connectivity index (χ0v) is 9.49. The van der Waals surface area contributed by atoms with Gasteiger partial charge in [-0.2, -0.15) is 4.68 Å². The summed E-state index contributed by atoms with van der Waals surface area (Å²) < 4.78 is 6.72. The topological polar surface area (TPSA) is 85.7 Å². The van der Waals surface area contributed by atoms with Gasteiger partial charge in [0.05, 0.1) is 13.4 Å². The van der Waals surface area contributed by atoms with Crippen LogP contribution in [0.4, 0.5) is 0 Å². The molecule has 18 heavy (non-hydrogen) atoms. The highest BCUT2D eigenvalue weighted by Gasteiger charge is 2.13. The molecular formula is C11H9N5O2. The molecule has 7 heteroatoms. The van der Waals surface area contributed by atoms with Gasteiger partial charge in [-0.3, -0.25) is 4.79 Å². The monoisotopic (exact) mass is 243 g/mol. The molecule has 0 aliphatic heterocycles. The van der Waals surface area contributed by atoms with Crippen molar-refractivity contribution >= 4 is 11.2 Å². The standard InChI is InChI=1S/C11H9N5O2/c1-18-8-5-3-2-4-7(8)16-10-9(14-15-16)11(17)13-6-12-10/h2-6H,1H3,(H,12,13,17). The quantitative estimate of drug-likeness (QED) is 0.708. The molecule has 0 amide bonds. The van der Waals surface area contributed by atoms with E-state index in [2.05, 4.69) is 20.3 Å². The van der Waals surface area contributed by atoms with Crippen LogP contribution in [0.25, 0.3) is 16.9 Å². The molecule has 3 aromatic rings. The normalized spacial score (nSPS) is 10.7. The molecule has 0 fully saturated rings. The molecule has 0 aliphatic rings. The Kier molecular flexibility index (Phi) is 2.30. The van der Waals surface area contributed by atoms with Crippen LogP contribution in [0.5, 0.6) is 5.75 Å². The van der Waals surface area contributed by atoms with E-state index in [1.165, 1.54) is 11.0 Å². The Morgan fingerprint density at radius 1 is 1.33 bits per heavy atom. The third-order valence-electron chi connectivity index (χ3n) is 2.56. The molecule has 2 heterocycles. The zero-order chi connectivity index (χ0) is 12.5. The highest BCUT2D eigenvalue weighted by Crippen LogP contribution is 2.22. The number of aromatic nitrogens is 5. The third kappa shape index (κ3) is 1.45. The van der Waals surface area contributed by atoms with E-state index in [1.807, 2.05) is 18.2 Å². The number of nitrogens with one attached hydrogen (secondary N) is 1. The van der Waals surface area contributed by atoms with E-state index in [9.17, 15) is 4.79 Å². The first kappa shape index (κ1) is 10.5. The highest BCUT2D eigenvalue weighted by molar-refractivity contribution is 5.70. The fourth-order valence-electron chi connectivity index (χ4n) is 1.73. The lowest BCUT2D eigenvalue weighted by molar-refractivity contribution is 0.411. The number of nitrogens with zero attached hydrogens (tertiary/aromatic N) is 4. The molecule has 0 spiro atoms. The maximum absolute atomic E-state index is 11.5. The SMILES string of the molecule is COc1ccccc1-n1nnc2c(=O)[nH]cnc21. The zero-order valence-electron chi connectivity index (χ0n) is 9.49. The maximum Gasteiger partial charge on any atom is 0.280 e. The molecule has 1 aromatic carbocycles. The van der Waals surface area contributed by atoms with Crippen LogP contribution in [0.2, 0.25) is 0 Å². The number of hydrogen-bond acceptors (Lipinski definition) is 5. The van der Waals surface area contributed by atoms with E-state index in [4.69, 9.17) is 4.74 Å². The molecule has 0 aliphatic carbocycles. The summed E-state index contributed by atoms with van der Waals surface area (Å²) in [6.07, 6.45) is 1.32. The van der Waals surface area contributed by atoms with Crippen molar-refractivity contribution in [3.8, 4) is 11.4 Å². The third-order valence-corrected chi connectivity index (χ3v) is 2.56. The first-order valence-electron chi connectivity index (χ1n) is 5.24. The van der Waals surface area contributed by atoms with Gasteiger partial charge in [0.15, 0.2) is 11.2 Å². The summed E-state index contributed by atoms with van der Waals surface area (Å²) in [7, 11) is 1.57. The van der Waals surface area contributed by atoms with E-state index in [0.717, 1.165) is 0 Å². The number of H-pyrrole nitrogens is 1. The van der Waals surface area contributed by atoms with Crippen LogP contribution in [0.3, 0.4) is 0 Å². The molecule has 0 radical (unpaired) electrons. The van der Waals surface area contributed by atoms with E-state index >= 15 is 0 Å². The Morgan fingerprint density at radius 2 is 2.17 bits per heavy atom.